The lowest BCUT2D eigenvalue weighted by Crippen LogP contribution is -2.01. The van der Waals surface area contributed by atoms with Crippen molar-refractivity contribution in [3.8, 4) is 0 Å². The van der Waals surface area contributed by atoms with Crippen molar-refractivity contribution in [1.82, 2.24) is 4.98 Å². The highest BCUT2D eigenvalue weighted by atomic mass is 32.2. The summed E-state index contributed by atoms with van der Waals surface area (Å²) in [6.07, 6.45) is 1.52. The van der Waals surface area contributed by atoms with E-state index in [0.29, 0.717) is 12.2 Å². The largest absolute Gasteiger partial charge is 0.469 e. The molecule has 0 radical (unpaired) electrons. The molecule has 0 aromatic carbocycles. The van der Waals surface area contributed by atoms with Crippen molar-refractivity contribution in [2.45, 2.75) is 24.5 Å². The molecule has 5 heteroatoms. The molecule has 1 heterocycles. The third-order valence-electron chi connectivity index (χ3n) is 2.03. The number of nitrogens with zero attached hydrogens (tertiary/aromatic N) is 1. The van der Waals surface area contributed by atoms with Gasteiger partial charge in [-0.2, -0.15) is 0 Å². The van der Waals surface area contributed by atoms with Crippen LogP contribution in [0.4, 0.5) is 0 Å². The molecule has 4 nitrogen and oxygen atoms in total. The number of esters is 1. The maximum Gasteiger partial charge on any atom is 0.306 e. The van der Waals surface area contributed by atoms with E-state index in [1.165, 1.54) is 18.9 Å². The Morgan fingerprint density at radius 1 is 1.69 bits per heavy atom. The molecular formula is C11H15NO3S. The molecular weight excluding hydrogens is 226 g/mol. The first-order chi connectivity index (χ1) is 7.63. The third-order valence-corrected chi connectivity index (χ3v) is 2.95. The fourth-order valence-electron chi connectivity index (χ4n) is 1.10. The lowest BCUT2D eigenvalue weighted by Gasteiger charge is -2.06. The molecule has 0 bridgehead atoms. The molecule has 0 saturated heterocycles. The first-order valence-corrected chi connectivity index (χ1v) is 5.95. The van der Waals surface area contributed by atoms with Crippen LogP contribution in [-0.2, 0) is 9.53 Å². The summed E-state index contributed by atoms with van der Waals surface area (Å²) in [5, 5.41) is 10.2. The normalized spacial score (nSPS) is 12.2. The number of carbonyl (C=O) groups excluding carboxylic acids is 1. The van der Waals surface area contributed by atoms with Crippen LogP contribution in [0, 0.1) is 0 Å². The van der Waals surface area contributed by atoms with E-state index in [9.17, 15) is 9.90 Å². The number of pyridine rings is 1. The SMILES string of the molecule is COC(=O)CCSc1cc([C@@H](C)O)ccn1. The number of aromatic nitrogens is 1. The van der Waals surface area contributed by atoms with Gasteiger partial charge < -0.3 is 9.84 Å². The number of hydrogen-bond acceptors (Lipinski definition) is 5. The van der Waals surface area contributed by atoms with Gasteiger partial charge in [-0.05, 0) is 24.6 Å². The molecule has 0 aliphatic carbocycles. The minimum absolute atomic E-state index is 0.223. The van der Waals surface area contributed by atoms with Crippen LogP contribution in [0.1, 0.15) is 25.0 Å². The fraction of sp³-hybridized carbons (Fsp3) is 0.455. The molecule has 0 unspecified atom stereocenters. The molecule has 1 rings (SSSR count). The fourth-order valence-corrected chi connectivity index (χ4v) is 1.94. The van der Waals surface area contributed by atoms with Gasteiger partial charge in [0.1, 0.15) is 0 Å². The molecule has 1 aromatic rings. The van der Waals surface area contributed by atoms with E-state index in [4.69, 9.17) is 0 Å². The topological polar surface area (TPSA) is 59.4 Å². The number of rotatable bonds is 5. The molecule has 0 aliphatic heterocycles. The molecule has 0 amide bonds. The quantitative estimate of drug-likeness (QED) is 0.629. The molecule has 16 heavy (non-hydrogen) atoms. The highest BCUT2D eigenvalue weighted by Crippen LogP contribution is 2.20. The second kappa shape index (κ2) is 6.50. The van der Waals surface area contributed by atoms with Crippen molar-refractivity contribution >= 4 is 17.7 Å². The number of ether oxygens (including phenoxy) is 1. The standard InChI is InChI=1S/C11H15NO3S/c1-8(13)9-3-5-12-10(7-9)16-6-4-11(14)15-2/h3,5,7-8,13H,4,6H2,1-2H3/t8-/m1/s1. The Labute approximate surface area is 99.0 Å². The smallest absolute Gasteiger partial charge is 0.306 e. The van der Waals surface area contributed by atoms with Crippen LogP contribution in [0.25, 0.3) is 0 Å². The van der Waals surface area contributed by atoms with Crippen LogP contribution >= 0.6 is 11.8 Å². The predicted octanol–water partition coefficient (Wildman–Crippen LogP) is 1.79. The van der Waals surface area contributed by atoms with Crippen molar-refractivity contribution < 1.29 is 14.6 Å². The van der Waals surface area contributed by atoms with E-state index in [-0.39, 0.29) is 5.97 Å². The molecule has 0 aliphatic rings. The summed E-state index contributed by atoms with van der Waals surface area (Å²) in [4.78, 5) is 15.0. The van der Waals surface area contributed by atoms with E-state index in [2.05, 4.69) is 9.72 Å². The highest BCUT2D eigenvalue weighted by molar-refractivity contribution is 7.99. The van der Waals surface area contributed by atoms with Gasteiger partial charge in [-0.25, -0.2) is 4.98 Å². The van der Waals surface area contributed by atoms with Gasteiger partial charge in [-0.15, -0.1) is 11.8 Å². The van der Waals surface area contributed by atoms with Crippen LogP contribution in [0.15, 0.2) is 23.4 Å². The number of aliphatic hydroxyl groups excluding tert-OH is 1. The maximum atomic E-state index is 10.9. The summed E-state index contributed by atoms with van der Waals surface area (Å²) in [6.45, 7) is 1.71. The number of aliphatic hydroxyl groups is 1. The van der Waals surface area contributed by atoms with Gasteiger partial charge in [0.25, 0.3) is 0 Å². The Hall–Kier alpha value is -1.07. The summed E-state index contributed by atoms with van der Waals surface area (Å²) < 4.78 is 4.54. The van der Waals surface area contributed by atoms with Crippen molar-refractivity contribution in [1.29, 1.82) is 0 Å². The average molecular weight is 241 g/mol. The van der Waals surface area contributed by atoms with Crippen molar-refractivity contribution in [3.05, 3.63) is 23.9 Å². The second-order valence-corrected chi connectivity index (χ2v) is 4.39. The van der Waals surface area contributed by atoms with Crippen LogP contribution in [0.2, 0.25) is 0 Å². The highest BCUT2D eigenvalue weighted by Gasteiger charge is 2.05. The third kappa shape index (κ3) is 4.20. The van der Waals surface area contributed by atoms with E-state index in [1.807, 2.05) is 6.07 Å². The summed E-state index contributed by atoms with van der Waals surface area (Å²) in [6, 6.07) is 3.60. The number of carbonyl (C=O) groups is 1. The van der Waals surface area contributed by atoms with Crippen LogP contribution in [0.5, 0.6) is 0 Å². The lowest BCUT2D eigenvalue weighted by atomic mass is 10.2. The number of methoxy groups -OCH3 is 1. The summed E-state index contributed by atoms with van der Waals surface area (Å²) in [7, 11) is 1.37. The van der Waals surface area contributed by atoms with E-state index in [1.54, 1.807) is 19.2 Å². The second-order valence-electron chi connectivity index (χ2n) is 3.28. The number of hydrogen-bond donors (Lipinski definition) is 1. The monoisotopic (exact) mass is 241 g/mol. The van der Waals surface area contributed by atoms with E-state index in [0.717, 1.165) is 10.6 Å². The first kappa shape index (κ1) is 13.0. The van der Waals surface area contributed by atoms with Gasteiger partial charge in [-0.1, -0.05) is 0 Å². The maximum absolute atomic E-state index is 10.9. The average Bonchev–Trinajstić information content (AvgIpc) is 2.29. The molecule has 88 valence electrons. The predicted molar refractivity (Wildman–Crippen MR) is 62.2 cm³/mol. The van der Waals surface area contributed by atoms with Gasteiger partial charge in [0.05, 0.1) is 24.7 Å². The molecule has 1 aromatic heterocycles. The van der Waals surface area contributed by atoms with Crippen LogP contribution in [-0.4, -0.2) is 28.9 Å². The zero-order valence-corrected chi connectivity index (χ0v) is 10.2. The Morgan fingerprint density at radius 3 is 3.06 bits per heavy atom. The van der Waals surface area contributed by atoms with Gasteiger partial charge in [-0.3, -0.25) is 4.79 Å². The van der Waals surface area contributed by atoms with E-state index < -0.39 is 6.10 Å². The van der Waals surface area contributed by atoms with Gasteiger partial charge in [0, 0.05) is 11.9 Å². The van der Waals surface area contributed by atoms with E-state index >= 15 is 0 Å². The zero-order valence-electron chi connectivity index (χ0n) is 9.34. The first-order valence-electron chi connectivity index (χ1n) is 4.97. The number of thioether (sulfide) groups is 1. The Bertz CT molecular complexity index is 355. The summed E-state index contributed by atoms with van der Waals surface area (Å²) in [5.41, 5.74) is 0.829. The minimum Gasteiger partial charge on any atom is -0.469 e. The van der Waals surface area contributed by atoms with Crippen molar-refractivity contribution in [2.75, 3.05) is 12.9 Å². The summed E-state index contributed by atoms with van der Waals surface area (Å²) >= 11 is 1.47. The minimum atomic E-state index is -0.497. The molecule has 1 atom stereocenters. The van der Waals surface area contributed by atoms with Gasteiger partial charge in [0.2, 0.25) is 0 Å². The van der Waals surface area contributed by atoms with Crippen LogP contribution < -0.4 is 0 Å². The van der Waals surface area contributed by atoms with Crippen molar-refractivity contribution in [3.63, 3.8) is 0 Å². The molecule has 0 saturated carbocycles. The zero-order chi connectivity index (χ0) is 12.0. The van der Waals surface area contributed by atoms with Gasteiger partial charge >= 0.3 is 5.97 Å². The molecule has 0 spiro atoms. The Balaban J connectivity index is 2.48. The molecule has 1 N–H and O–H groups in total. The van der Waals surface area contributed by atoms with Gasteiger partial charge in [0.15, 0.2) is 0 Å². The lowest BCUT2D eigenvalue weighted by molar-refractivity contribution is -0.140. The Kier molecular flexibility index (Phi) is 5.28. The van der Waals surface area contributed by atoms with Crippen molar-refractivity contribution in [2.24, 2.45) is 0 Å². The Morgan fingerprint density at radius 2 is 2.44 bits per heavy atom. The van der Waals surface area contributed by atoms with Crippen LogP contribution in [0.3, 0.4) is 0 Å². The molecule has 0 fully saturated rings. The summed E-state index contributed by atoms with van der Waals surface area (Å²) in [5.74, 6) is 0.405.